The molecule has 2 saturated heterocycles. The van der Waals surface area contributed by atoms with Crippen LogP contribution in [0.1, 0.15) is 33.3 Å². The third kappa shape index (κ3) is 3.98. The van der Waals surface area contributed by atoms with Crippen LogP contribution in [0.5, 0.6) is 0 Å². The molecule has 136 valence electrons. The Balaban J connectivity index is 1.91. The summed E-state index contributed by atoms with van der Waals surface area (Å²) in [5.74, 6) is 0. The molecule has 0 bridgehead atoms. The molecule has 2 aliphatic heterocycles. The maximum absolute atomic E-state index is 15.5. The van der Waals surface area contributed by atoms with Gasteiger partial charge in [-0.05, 0) is 33.3 Å². The summed E-state index contributed by atoms with van der Waals surface area (Å²) in [5.41, 5.74) is 0.121. The monoisotopic (exact) mass is 346 g/mol. The van der Waals surface area contributed by atoms with Crippen molar-refractivity contribution in [1.82, 2.24) is 10.2 Å². The molecular formula is C19H28BFN2O2. The molecule has 0 aliphatic carbocycles. The topological polar surface area (TPSA) is 33.7 Å². The van der Waals surface area contributed by atoms with E-state index in [0.29, 0.717) is 12.1 Å². The fraction of sp³-hybridized carbons (Fsp3) is 0.579. The molecule has 0 radical (unpaired) electrons. The van der Waals surface area contributed by atoms with Crippen molar-refractivity contribution < 1.29 is 13.7 Å². The van der Waals surface area contributed by atoms with E-state index in [0.717, 1.165) is 31.7 Å². The minimum atomic E-state index is -0.955. The van der Waals surface area contributed by atoms with E-state index in [-0.39, 0.29) is 5.73 Å². The second-order valence-corrected chi connectivity index (χ2v) is 7.81. The highest BCUT2D eigenvalue weighted by Crippen LogP contribution is 2.40. The molecule has 0 saturated carbocycles. The summed E-state index contributed by atoms with van der Waals surface area (Å²) in [7, 11) is -0.955. The largest absolute Gasteiger partial charge is 0.525 e. The molecular weight excluding hydrogens is 318 g/mol. The molecule has 3 rings (SSSR count). The zero-order valence-electron chi connectivity index (χ0n) is 15.6. The van der Waals surface area contributed by atoms with Gasteiger partial charge in [-0.2, -0.15) is 0 Å². The fourth-order valence-electron chi connectivity index (χ4n) is 3.13. The fourth-order valence-corrected chi connectivity index (χ4v) is 3.13. The Morgan fingerprint density at radius 3 is 2.20 bits per heavy atom. The highest BCUT2D eigenvalue weighted by molar-refractivity contribution is 6.55. The van der Waals surface area contributed by atoms with Gasteiger partial charge in [0.2, 0.25) is 0 Å². The second kappa shape index (κ2) is 7.19. The summed E-state index contributed by atoms with van der Waals surface area (Å²) in [6.07, 6.45) is 0. The zero-order valence-corrected chi connectivity index (χ0v) is 15.6. The number of nitrogens with zero attached hydrogens (tertiary/aromatic N) is 1. The smallest absolute Gasteiger partial charge is 0.398 e. The van der Waals surface area contributed by atoms with Crippen LogP contribution in [-0.4, -0.2) is 55.9 Å². The average Bonchev–Trinajstić information content (AvgIpc) is 2.82. The summed E-state index contributed by atoms with van der Waals surface area (Å²) in [6, 6.07) is 9.71. The lowest BCUT2D eigenvalue weighted by Gasteiger charge is -2.32. The number of piperazine rings is 1. The van der Waals surface area contributed by atoms with Crippen LogP contribution in [0.2, 0.25) is 0 Å². The van der Waals surface area contributed by atoms with Crippen LogP contribution in [0.25, 0.3) is 5.57 Å². The van der Waals surface area contributed by atoms with Crippen molar-refractivity contribution in [3.05, 3.63) is 41.6 Å². The predicted octanol–water partition coefficient (Wildman–Crippen LogP) is 2.90. The molecule has 2 fully saturated rings. The normalized spacial score (nSPS) is 24.3. The van der Waals surface area contributed by atoms with Gasteiger partial charge < -0.3 is 14.6 Å². The Kier molecular flexibility index (Phi) is 5.35. The van der Waals surface area contributed by atoms with Crippen LogP contribution in [-0.2, 0) is 9.31 Å². The lowest BCUT2D eigenvalue weighted by molar-refractivity contribution is 0.00578. The Morgan fingerprint density at radius 2 is 1.64 bits per heavy atom. The van der Waals surface area contributed by atoms with E-state index in [9.17, 15) is 0 Å². The number of benzene rings is 1. The SMILES string of the molecule is CC1(C)OB(C(F)=C(CN2CCNCC2)c2ccccc2)OC1(C)C. The van der Waals surface area contributed by atoms with Crippen molar-refractivity contribution >= 4 is 12.7 Å². The van der Waals surface area contributed by atoms with Gasteiger partial charge in [0, 0.05) is 38.3 Å². The molecule has 1 aromatic carbocycles. The van der Waals surface area contributed by atoms with E-state index in [1.165, 1.54) is 0 Å². The van der Waals surface area contributed by atoms with Gasteiger partial charge in [-0.1, -0.05) is 30.3 Å². The lowest BCUT2D eigenvalue weighted by Crippen LogP contribution is -2.44. The Bertz CT molecular complexity index is 612. The molecule has 0 amide bonds. The Labute approximate surface area is 150 Å². The third-order valence-electron chi connectivity index (χ3n) is 5.46. The van der Waals surface area contributed by atoms with Crippen molar-refractivity contribution in [2.24, 2.45) is 0 Å². The predicted molar refractivity (Wildman–Crippen MR) is 99.9 cm³/mol. The van der Waals surface area contributed by atoms with Crippen LogP contribution in [0, 0.1) is 0 Å². The lowest BCUT2D eigenvalue weighted by atomic mass is 9.82. The maximum atomic E-state index is 15.5. The van der Waals surface area contributed by atoms with Crippen LogP contribution in [0.3, 0.4) is 0 Å². The quantitative estimate of drug-likeness (QED) is 0.850. The molecule has 1 aromatic rings. The van der Waals surface area contributed by atoms with Gasteiger partial charge in [-0.15, -0.1) is 0 Å². The van der Waals surface area contributed by atoms with Gasteiger partial charge >= 0.3 is 7.12 Å². The number of nitrogens with one attached hydrogen (secondary N) is 1. The molecule has 0 atom stereocenters. The Hall–Kier alpha value is -1.21. The summed E-state index contributed by atoms with van der Waals surface area (Å²) in [6.45, 7) is 12.0. The standard InChI is InChI=1S/C19H28BFN2O2/c1-18(2)19(3,4)25-20(24-18)17(21)16(15-8-6-5-7-9-15)14-23-12-10-22-11-13-23/h5-9,22H,10-14H2,1-4H3. The van der Waals surface area contributed by atoms with Crippen molar-refractivity contribution in [2.75, 3.05) is 32.7 Å². The molecule has 4 nitrogen and oxygen atoms in total. The highest BCUT2D eigenvalue weighted by Gasteiger charge is 2.53. The van der Waals surface area contributed by atoms with E-state index >= 15 is 4.39 Å². The van der Waals surface area contributed by atoms with Crippen molar-refractivity contribution in [3.63, 3.8) is 0 Å². The van der Waals surface area contributed by atoms with Crippen molar-refractivity contribution in [2.45, 2.75) is 38.9 Å². The summed E-state index contributed by atoms with van der Waals surface area (Å²) in [4.78, 5) is 2.27. The summed E-state index contributed by atoms with van der Waals surface area (Å²) >= 11 is 0. The van der Waals surface area contributed by atoms with Crippen LogP contribution < -0.4 is 5.32 Å². The minimum Gasteiger partial charge on any atom is -0.398 e. The van der Waals surface area contributed by atoms with Crippen molar-refractivity contribution in [3.8, 4) is 0 Å². The van der Waals surface area contributed by atoms with E-state index < -0.39 is 18.3 Å². The molecule has 2 aliphatic rings. The molecule has 0 aromatic heterocycles. The number of hydrogen-bond donors (Lipinski definition) is 1. The molecule has 0 spiro atoms. The van der Waals surface area contributed by atoms with Gasteiger partial charge in [0.1, 0.15) is 5.73 Å². The van der Waals surface area contributed by atoms with Crippen molar-refractivity contribution in [1.29, 1.82) is 0 Å². The van der Waals surface area contributed by atoms with E-state index in [1.54, 1.807) is 0 Å². The average molecular weight is 346 g/mol. The third-order valence-corrected chi connectivity index (χ3v) is 5.46. The summed E-state index contributed by atoms with van der Waals surface area (Å²) < 4.78 is 27.4. The van der Waals surface area contributed by atoms with Gasteiger partial charge in [0.25, 0.3) is 0 Å². The molecule has 6 heteroatoms. The van der Waals surface area contributed by atoms with Crippen LogP contribution in [0.4, 0.5) is 4.39 Å². The van der Waals surface area contributed by atoms with Gasteiger partial charge in [-0.3, -0.25) is 4.90 Å². The van der Waals surface area contributed by atoms with Crippen LogP contribution >= 0.6 is 0 Å². The first-order valence-electron chi connectivity index (χ1n) is 9.03. The number of hydrogen-bond acceptors (Lipinski definition) is 4. The van der Waals surface area contributed by atoms with E-state index in [1.807, 2.05) is 58.0 Å². The molecule has 1 N–H and O–H groups in total. The molecule has 2 heterocycles. The van der Waals surface area contributed by atoms with Crippen LogP contribution in [0.15, 0.2) is 36.1 Å². The molecule has 25 heavy (non-hydrogen) atoms. The highest BCUT2D eigenvalue weighted by atomic mass is 19.1. The first-order valence-corrected chi connectivity index (χ1v) is 9.03. The zero-order chi connectivity index (χ0) is 18.1. The van der Waals surface area contributed by atoms with E-state index in [2.05, 4.69) is 10.2 Å². The van der Waals surface area contributed by atoms with Gasteiger partial charge in [0.15, 0.2) is 0 Å². The maximum Gasteiger partial charge on any atom is 0.525 e. The van der Waals surface area contributed by atoms with E-state index in [4.69, 9.17) is 9.31 Å². The Morgan fingerprint density at radius 1 is 1.08 bits per heavy atom. The minimum absolute atomic E-state index is 0.316. The van der Waals surface area contributed by atoms with Gasteiger partial charge in [0.05, 0.1) is 11.2 Å². The molecule has 0 unspecified atom stereocenters. The number of halogens is 1. The number of rotatable bonds is 4. The summed E-state index contributed by atoms with van der Waals surface area (Å²) in [5, 5.41) is 3.33. The first kappa shape index (κ1) is 18.6. The second-order valence-electron chi connectivity index (χ2n) is 7.81. The van der Waals surface area contributed by atoms with Gasteiger partial charge in [-0.25, -0.2) is 4.39 Å². The first-order chi connectivity index (χ1) is 11.8.